The summed E-state index contributed by atoms with van der Waals surface area (Å²) in [6.07, 6.45) is 0. The van der Waals surface area contributed by atoms with Gasteiger partial charge >= 0.3 is 0 Å². The molecule has 1 heterocycles. The quantitative estimate of drug-likeness (QED) is 0.712. The van der Waals surface area contributed by atoms with Crippen molar-refractivity contribution in [2.45, 2.75) is 25.3 Å². The van der Waals surface area contributed by atoms with Crippen LogP contribution in [0, 0.1) is 11.2 Å². The van der Waals surface area contributed by atoms with Crippen LogP contribution in [-0.4, -0.2) is 35.6 Å². The summed E-state index contributed by atoms with van der Waals surface area (Å²) in [6, 6.07) is 8.96. The van der Waals surface area contributed by atoms with E-state index in [2.05, 4.69) is 4.72 Å². The van der Waals surface area contributed by atoms with E-state index in [1.807, 2.05) is 0 Å². The molecule has 1 aliphatic rings. The van der Waals surface area contributed by atoms with Gasteiger partial charge in [0, 0.05) is 6.54 Å². The van der Waals surface area contributed by atoms with Gasteiger partial charge in [-0.2, -0.15) is 0 Å². The third-order valence-corrected chi connectivity index (χ3v) is 8.08. The first-order valence-corrected chi connectivity index (χ1v) is 12.0. The molecule has 0 radical (unpaired) electrons. The Morgan fingerprint density at radius 2 is 1.80 bits per heavy atom. The van der Waals surface area contributed by atoms with Gasteiger partial charge in [-0.1, -0.05) is 12.1 Å². The molecule has 8 nitrogen and oxygen atoms in total. The highest BCUT2D eigenvalue weighted by molar-refractivity contribution is 7.94. The molecule has 0 atom stereocenters. The summed E-state index contributed by atoms with van der Waals surface area (Å²) >= 11 is 0. The van der Waals surface area contributed by atoms with E-state index in [1.165, 1.54) is 57.4 Å². The van der Waals surface area contributed by atoms with Crippen LogP contribution in [0.25, 0.3) is 0 Å². The van der Waals surface area contributed by atoms with E-state index in [0.29, 0.717) is 9.87 Å². The minimum atomic E-state index is -4.15. The van der Waals surface area contributed by atoms with E-state index in [1.54, 1.807) is 0 Å². The van der Waals surface area contributed by atoms with Crippen LogP contribution in [0.5, 0.6) is 5.75 Å². The fraction of sp³-hybridized carbons (Fsp3) is 0.316. The Balaban J connectivity index is 1.98. The second kappa shape index (κ2) is 7.64. The molecule has 2 aromatic carbocycles. The number of nitrogens with one attached hydrogen (secondary N) is 1. The molecule has 0 saturated carbocycles. The van der Waals surface area contributed by atoms with Crippen molar-refractivity contribution < 1.29 is 30.8 Å². The monoisotopic (exact) mass is 456 g/mol. The van der Waals surface area contributed by atoms with Crippen LogP contribution in [-0.2, 0) is 31.4 Å². The summed E-state index contributed by atoms with van der Waals surface area (Å²) in [5, 5.41) is 0. The van der Waals surface area contributed by atoms with Crippen molar-refractivity contribution in [2.24, 2.45) is 5.41 Å². The van der Waals surface area contributed by atoms with Gasteiger partial charge in [0.25, 0.3) is 0 Å². The van der Waals surface area contributed by atoms with Crippen LogP contribution < -0.4 is 13.8 Å². The second-order valence-corrected chi connectivity index (χ2v) is 11.0. The van der Waals surface area contributed by atoms with Crippen molar-refractivity contribution in [3.8, 4) is 5.75 Å². The normalized spacial score (nSPS) is 17.9. The number of benzene rings is 2. The molecule has 1 aliphatic heterocycles. The van der Waals surface area contributed by atoms with Crippen molar-refractivity contribution in [1.82, 2.24) is 4.72 Å². The number of anilines is 1. The maximum atomic E-state index is 13.0. The molecule has 30 heavy (non-hydrogen) atoms. The molecule has 1 amide bonds. The zero-order valence-electron chi connectivity index (χ0n) is 16.5. The highest BCUT2D eigenvalue weighted by Gasteiger charge is 2.50. The largest absolute Gasteiger partial charge is 0.495 e. The summed E-state index contributed by atoms with van der Waals surface area (Å²) in [5.41, 5.74) is -0.693. The molecule has 162 valence electrons. The van der Waals surface area contributed by atoms with Crippen LogP contribution in [0.15, 0.2) is 47.4 Å². The minimum Gasteiger partial charge on any atom is -0.495 e. The summed E-state index contributed by atoms with van der Waals surface area (Å²) in [6.45, 7) is 2.90. The number of halogens is 1. The van der Waals surface area contributed by atoms with Gasteiger partial charge in [-0.05, 0) is 49.7 Å². The molecule has 2 aromatic rings. The van der Waals surface area contributed by atoms with Gasteiger partial charge in [0.15, 0.2) is 0 Å². The van der Waals surface area contributed by atoms with Gasteiger partial charge in [0.1, 0.15) is 16.5 Å². The zero-order valence-corrected chi connectivity index (χ0v) is 18.2. The van der Waals surface area contributed by atoms with Crippen molar-refractivity contribution in [2.75, 3.05) is 17.2 Å². The molecular formula is C19H21FN2O6S2. The third-order valence-electron chi connectivity index (χ3n) is 4.64. The van der Waals surface area contributed by atoms with E-state index >= 15 is 0 Å². The molecule has 1 fully saturated rings. The Bertz CT molecular complexity index is 1190. The van der Waals surface area contributed by atoms with Crippen molar-refractivity contribution in [3.05, 3.63) is 53.8 Å². The van der Waals surface area contributed by atoms with E-state index in [0.717, 1.165) is 6.07 Å². The number of methoxy groups -OCH3 is 1. The Labute approximate surface area is 174 Å². The number of hydrogen-bond acceptors (Lipinski definition) is 6. The number of hydrogen-bond donors (Lipinski definition) is 1. The highest BCUT2D eigenvalue weighted by atomic mass is 32.2. The van der Waals surface area contributed by atoms with E-state index in [-0.39, 0.29) is 28.6 Å². The third kappa shape index (κ3) is 4.18. The van der Waals surface area contributed by atoms with E-state index < -0.39 is 37.2 Å². The van der Waals surface area contributed by atoms with Crippen LogP contribution in [0.3, 0.4) is 0 Å². The lowest BCUT2D eigenvalue weighted by atomic mass is 9.95. The zero-order chi connectivity index (χ0) is 22.3. The number of nitrogens with zero attached hydrogens (tertiary/aromatic N) is 1. The Hall–Kier alpha value is -2.50. The number of rotatable bonds is 6. The predicted molar refractivity (Wildman–Crippen MR) is 108 cm³/mol. The number of carbonyl (C=O) groups excluding carboxylic acids is 1. The van der Waals surface area contributed by atoms with Gasteiger partial charge < -0.3 is 4.74 Å². The van der Waals surface area contributed by atoms with Gasteiger partial charge in [-0.25, -0.2) is 30.3 Å². The first kappa shape index (κ1) is 22.2. The van der Waals surface area contributed by atoms with E-state index in [4.69, 9.17) is 4.74 Å². The van der Waals surface area contributed by atoms with Crippen molar-refractivity contribution in [1.29, 1.82) is 0 Å². The standard InChI is InChI=1S/C19H21FN2O6S2/c1-19(2)12-29(24,25)22(18(19)23)15-8-9-16(28-3)17(10-15)30(26,27)21-11-13-4-6-14(20)7-5-13/h4-10,21H,11-12H2,1-3H3. The number of sulfonamides is 2. The van der Waals surface area contributed by atoms with Crippen LogP contribution >= 0.6 is 0 Å². The molecule has 1 N–H and O–H groups in total. The van der Waals surface area contributed by atoms with Crippen LogP contribution in [0.1, 0.15) is 19.4 Å². The first-order chi connectivity index (χ1) is 13.9. The Morgan fingerprint density at radius 3 is 2.33 bits per heavy atom. The second-order valence-electron chi connectivity index (χ2n) is 7.50. The summed E-state index contributed by atoms with van der Waals surface area (Å²) in [4.78, 5) is 12.3. The maximum absolute atomic E-state index is 13.0. The van der Waals surface area contributed by atoms with Crippen molar-refractivity contribution >= 4 is 31.6 Å². The lowest BCUT2D eigenvalue weighted by Crippen LogP contribution is -2.33. The van der Waals surface area contributed by atoms with E-state index in [9.17, 15) is 26.0 Å². The first-order valence-electron chi connectivity index (χ1n) is 8.87. The molecule has 0 bridgehead atoms. The molecule has 0 unspecified atom stereocenters. The van der Waals surface area contributed by atoms with Crippen molar-refractivity contribution in [3.63, 3.8) is 0 Å². The summed E-state index contributed by atoms with van der Waals surface area (Å²) in [7, 11) is -6.82. The average Bonchev–Trinajstić information content (AvgIpc) is 2.83. The number of amides is 1. The van der Waals surface area contributed by atoms with Crippen LogP contribution in [0.4, 0.5) is 10.1 Å². The van der Waals surface area contributed by atoms with Gasteiger partial charge in [0.2, 0.25) is 26.0 Å². The molecule has 11 heteroatoms. The van der Waals surface area contributed by atoms with Gasteiger partial charge in [-0.3, -0.25) is 4.79 Å². The molecule has 0 aromatic heterocycles. The fourth-order valence-electron chi connectivity index (χ4n) is 3.12. The maximum Gasteiger partial charge on any atom is 0.247 e. The SMILES string of the molecule is COc1ccc(N2C(=O)C(C)(C)CS2(=O)=O)cc1S(=O)(=O)NCc1ccc(F)cc1. The van der Waals surface area contributed by atoms with Gasteiger partial charge in [-0.15, -0.1) is 0 Å². The lowest BCUT2D eigenvalue weighted by Gasteiger charge is -2.19. The minimum absolute atomic E-state index is 0.0198. The summed E-state index contributed by atoms with van der Waals surface area (Å²) in [5.74, 6) is -1.49. The fourth-order valence-corrected chi connectivity index (χ4v) is 6.42. The molecule has 0 aliphatic carbocycles. The number of carbonyl (C=O) groups is 1. The molecular weight excluding hydrogens is 435 g/mol. The number of ether oxygens (including phenoxy) is 1. The smallest absolute Gasteiger partial charge is 0.247 e. The van der Waals surface area contributed by atoms with Crippen LogP contribution in [0.2, 0.25) is 0 Å². The molecule has 3 rings (SSSR count). The average molecular weight is 457 g/mol. The lowest BCUT2D eigenvalue weighted by molar-refractivity contribution is -0.123. The highest BCUT2D eigenvalue weighted by Crippen LogP contribution is 2.38. The van der Waals surface area contributed by atoms with Gasteiger partial charge in [0.05, 0.1) is 24.0 Å². The summed E-state index contributed by atoms with van der Waals surface area (Å²) < 4.78 is 71.9. The Morgan fingerprint density at radius 1 is 1.17 bits per heavy atom. The Kier molecular flexibility index (Phi) is 5.65. The molecule has 1 saturated heterocycles. The molecule has 0 spiro atoms. The topological polar surface area (TPSA) is 110 Å². The predicted octanol–water partition coefficient (Wildman–Crippen LogP) is 2.02.